The van der Waals surface area contributed by atoms with Crippen molar-refractivity contribution in [3.05, 3.63) is 118 Å². The smallest absolute Gasteiger partial charge is 0.205 e. The maximum atomic E-state index is 14.0. The van der Waals surface area contributed by atoms with E-state index in [4.69, 9.17) is 26.1 Å². The lowest BCUT2D eigenvalue weighted by Gasteiger charge is -2.43. The second-order valence-corrected chi connectivity index (χ2v) is 12.6. The molecule has 0 spiro atoms. The van der Waals surface area contributed by atoms with Crippen LogP contribution in [-0.4, -0.2) is 43.0 Å². The highest BCUT2D eigenvalue weighted by Crippen LogP contribution is 2.49. The fourth-order valence-electron chi connectivity index (χ4n) is 6.54. The minimum absolute atomic E-state index is 0.00968. The Balaban J connectivity index is 1.33. The molecule has 6 nitrogen and oxygen atoms in total. The average molecular weight is 610 g/mol. The number of ketones is 1. The molecule has 3 aliphatic rings. The lowest BCUT2D eigenvalue weighted by molar-refractivity contribution is 0.104. The molecule has 7 rings (SSSR count). The van der Waals surface area contributed by atoms with Crippen molar-refractivity contribution in [2.75, 3.05) is 25.7 Å². The Labute approximate surface area is 260 Å². The third-order valence-electron chi connectivity index (χ3n) is 8.66. The number of hydrogen-bond donors (Lipinski definition) is 1. The topological polar surface area (TPSA) is 63.7 Å². The summed E-state index contributed by atoms with van der Waals surface area (Å²) < 4.78 is 10.8. The number of piperidine rings is 1. The molecule has 0 saturated carbocycles. The van der Waals surface area contributed by atoms with Crippen LogP contribution in [0.3, 0.4) is 0 Å². The van der Waals surface area contributed by atoms with Gasteiger partial charge in [0.25, 0.3) is 0 Å². The Kier molecular flexibility index (Phi) is 7.45. The number of fused-ring (bicyclic) bond motifs is 3. The lowest BCUT2D eigenvalue weighted by Crippen LogP contribution is -2.49. The van der Waals surface area contributed by atoms with Crippen molar-refractivity contribution in [1.82, 2.24) is 10.3 Å². The summed E-state index contributed by atoms with van der Waals surface area (Å²) in [5.41, 5.74) is 5.94. The normalized spacial score (nSPS) is 22.5. The molecular weight excluding hydrogens is 578 g/mol. The van der Waals surface area contributed by atoms with Gasteiger partial charge in [-0.25, -0.2) is 4.98 Å². The summed E-state index contributed by atoms with van der Waals surface area (Å²) in [7, 11) is 3.31. The molecule has 4 aromatic rings. The minimum atomic E-state index is -0.0467. The predicted octanol–water partition coefficient (Wildman–Crippen LogP) is 7.42. The molecule has 43 heavy (non-hydrogen) atoms. The second-order valence-electron chi connectivity index (χ2n) is 11.1. The number of carbonyl (C=O) groups is 1. The molecule has 1 aromatic heterocycles. The number of thiazole rings is 1. The Morgan fingerprint density at radius 3 is 2.37 bits per heavy atom. The molecule has 2 saturated heterocycles. The first-order valence-corrected chi connectivity index (χ1v) is 15.8. The lowest BCUT2D eigenvalue weighted by atomic mass is 9.80. The number of carbonyl (C=O) groups excluding carboxylic acids is 1. The fourth-order valence-corrected chi connectivity index (χ4v) is 7.88. The number of methoxy groups -OCH3 is 2. The van der Waals surface area contributed by atoms with Gasteiger partial charge in [-0.3, -0.25) is 4.79 Å². The number of benzene rings is 3. The largest absolute Gasteiger partial charge is 0.497 e. The van der Waals surface area contributed by atoms with Gasteiger partial charge in [-0.05, 0) is 60.4 Å². The Morgan fingerprint density at radius 1 is 0.977 bits per heavy atom. The van der Waals surface area contributed by atoms with Gasteiger partial charge in [0.05, 0.1) is 37.4 Å². The van der Waals surface area contributed by atoms with Crippen molar-refractivity contribution in [2.45, 2.75) is 30.3 Å². The van der Waals surface area contributed by atoms with Crippen molar-refractivity contribution in [2.24, 2.45) is 5.92 Å². The van der Waals surface area contributed by atoms with E-state index in [-0.39, 0.29) is 23.2 Å². The number of halogens is 1. The number of rotatable bonds is 7. The maximum Gasteiger partial charge on any atom is 0.205 e. The van der Waals surface area contributed by atoms with Gasteiger partial charge in [-0.1, -0.05) is 66.0 Å². The third kappa shape index (κ3) is 5.11. The number of anilines is 1. The van der Waals surface area contributed by atoms with Crippen LogP contribution in [-0.2, 0) is 0 Å². The quantitative estimate of drug-likeness (QED) is 0.174. The van der Waals surface area contributed by atoms with Gasteiger partial charge in [0.2, 0.25) is 5.78 Å². The van der Waals surface area contributed by atoms with Gasteiger partial charge in [0.15, 0.2) is 5.13 Å². The van der Waals surface area contributed by atoms with Crippen LogP contribution in [0.1, 0.15) is 39.7 Å². The zero-order valence-electron chi connectivity index (χ0n) is 24.0. The van der Waals surface area contributed by atoms with Gasteiger partial charge >= 0.3 is 0 Å². The summed E-state index contributed by atoms with van der Waals surface area (Å²) in [5, 5.41) is 4.73. The SMILES string of the molecule is COc1ccc(C(=O)c2sc(N3CCC4C5=CC(Cl)CC=C5NC4C3c3ccc(OC)cc3)nc2-c2ccccc2)cc1. The minimum Gasteiger partial charge on any atom is -0.497 e. The molecule has 2 aliphatic heterocycles. The molecule has 4 unspecified atom stereocenters. The van der Waals surface area contributed by atoms with Gasteiger partial charge in [0.1, 0.15) is 16.4 Å². The number of ether oxygens (including phenoxy) is 2. The molecule has 0 bridgehead atoms. The maximum absolute atomic E-state index is 14.0. The molecule has 0 amide bonds. The van der Waals surface area contributed by atoms with Crippen LogP contribution in [0.15, 0.2) is 102 Å². The summed E-state index contributed by atoms with van der Waals surface area (Å²) in [4.78, 5) is 22.2. The summed E-state index contributed by atoms with van der Waals surface area (Å²) in [5.74, 6) is 1.82. The molecular formula is C35H32ClN3O3S. The van der Waals surface area contributed by atoms with Crippen LogP contribution in [0.2, 0.25) is 0 Å². The van der Waals surface area contributed by atoms with E-state index in [9.17, 15) is 4.79 Å². The number of nitrogens with zero attached hydrogens (tertiary/aromatic N) is 2. The fraction of sp³-hybridized carbons (Fsp3) is 0.257. The molecule has 1 aliphatic carbocycles. The van der Waals surface area contributed by atoms with E-state index in [1.54, 1.807) is 14.2 Å². The molecule has 218 valence electrons. The Hall–Kier alpha value is -4.07. The highest BCUT2D eigenvalue weighted by Gasteiger charge is 2.47. The average Bonchev–Trinajstić information content (AvgIpc) is 3.66. The first-order chi connectivity index (χ1) is 21.0. The summed E-state index contributed by atoms with van der Waals surface area (Å²) in [6.45, 7) is 0.801. The van der Waals surface area contributed by atoms with Gasteiger partial charge < -0.3 is 19.7 Å². The Morgan fingerprint density at radius 2 is 1.67 bits per heavy atom. The first-order valence-electron chi connectivity index (χ1n) is 14.5. The van der Waals surface area contributed by atoms with Gasteiger partial charge in [-0.15, -0.1) is 11.6 Å². The monoisotopic (exact) mass is 609 g/mol. The van der Waals surface area contributed by atoms with Crippen LogP contribution >= 0.6 is 22.9 Å². The summed E-state index contributed by atoms with van der Waals surface area (Å²) in [6.07, 6.45) is 6.26. The van der Waals surface area contributed by atoms with E-state index >= 15 is 0 Å². The summed E-state index contributed by atoms with van der Waals surface area (Å²) >= 11 is 8.05. The van der Waals surface area contributed by atoms with Crippen molar-refractivity contribution in [3.63, 3.8) is 0 Å². The van der Waals surface area contributed by atoms with Crippen LogP contribution in [0.5, 0.6) is 11.5 Å². The van der Waals surface area contributed by atoms with Crippen LogP contribution in [0.4, 0.5) is 5.13 Å². The van der Waals surface area contributed by atoms with Crippen molar-refractivity contribution in [3.8, 4) is 22.8 Å². The van der Waals surface area contributed by atoms with E-state index in [2.05, 4.69) is 34.5 Å². The molecule has 3 aromatic carbocycles. The third-order valence-corrected chi connectivity index (χ3v) is 10.1. The number of aromatic nitrogens is 1. The highest BCUT2D eigenvalue weighted by molar-refractivity contribution is 7.18. The van der Waals surface area contributed by atoms with E-state index < -0.39 is 0 Å². The van der Waals surface area contributed by atoms with Crippen LogP contribution < -0.4 is 19.7 Å². The summed E-state index contributed by atoms with van der Waals surface area (Å²) in [6, 6.07) is 25.7. The molecule has 1 N–H and O–H groups in total. The van der Waals surface area contributed by atoms with E-state index in [0.29, 0.717) is 27.8 Å². The van der Waals surface area contributed by atoms with Crippen molar-refractivity contribution < 1.29 is 14.3 Å². The van der Waals surface area contributed by atoms with E-state index in [0.717, 1.165) is 35.8 Å². The van der Waals surface area contributed by atoms with Crippen LogP contribution in [0, 0.1) is 5.92 Å². The predicted molar refractivity (Wildman–Crippen MR) is 173 cm³/mol. The van der Waals surface area contributed by atoms with E-state index in [1.807, 2.05) is 66.7 Å². The number of alkyl halides is 1. The van der Waals surface area contributed by atoms with Crippen molar-refractivity contribution in [1.29, 1.82) is 0 Å². The first kappa shape index (κ1) is 27.7. The van der Waals surface area contributed by atoms with Crippen molar-refractivity contribution >= 4 is 33.9 Å². The van der Waals surface area contributed by atoms with E-state index in [1.165, 1.54) is 28.2 Å². The second kappa shape index (κ2) is 11.5. The number of hydrogen-bond acceptors (Lipinski definition) is 7. The number of nitrogens with one attached hydrogen (secondary N) is 1. The Bertz CT molecular complexity index is 1700. The van der Waals surface area contributed by atoms with Crippen LogP contribution in [0.25, 0.3) is 11.3 Å². The van der Waals surface area contributed by atoms with Gasteiger partial charge in [-0.2, -0.15) is 0 Å². The standard InChI is InChI=1S/C35H32ClN3O3S/c1-41-25-13-8-22(9-14-25)32-31-27(28-20-24(36)12-17-29(28)37-31)18-19-39(32)35-38-30(21-6-4-3-5-7-21)34(43-35)33(40)23-10-15-26(42-2)16-11-23/h3-11,13-17,20,24,27,31-32,37H,12,18-19H2,1-2H3. The molecule has 0 radical (unpaired) electrons. The molecule has 8 heteroatoms. The van der Waals surface area contributed by atoms with Gasteiger partial charge in [0, 0.05) is 29.3 Å². The molecule has 4 atom stereocenters. The zero-order chi connectivity index (χ0) is 29.5. The molecule has 2 fully saturated rings. The number of allylic oxidation sites excluding steroid dienone is 3. The highest BCUT2D eigenvalue weighted by atomic mass is 35.5. The molecule has 3 heterocycles. The zero-order valence-corrected chi connectivity index (χ0v) is 25.6.